The zero-order valence-electron chi connectivity index (χ0n) is 16.8. The summed E-state index contributed by atoms with van der Waals surface area (Å²) in [5.74, 6) is 1.93. The number of anilines is 1. The van der Waals surface area contributed by atoms with Crippen LogP contribution in [0.1, 0.15) is 31.5 Å². The molecule has 3 aromatic rings. The molecule has 5 rings (SSSR count). The van der Waals surface area contributed by atoms with Crippen LogP contribution in [0, 0.1) is 6.92 Å². The number of piperidine rings is 1. The second kappa shape index (κ2) is 7.15. The zero-order chi connectivity index (χ0) is 20.0. The van der Waals surface area contributed by atoms with Gasteiger partial charge in [0.05, 0.1) is 11.4 Å². The van der Waals surface area contributed by atoms with Gasteiger partial charge in [0.25, 0.3) is 0 Å². The molecule has 2 N–H and O–H groups in total. The van der Waals surface area contributed by atoms with Crippen molar-refractivity contribution in [2.45, 2.75) is 50.7 Å². The van der Waals surface area contributed by atoms with Crippen LogP contribution in [-0.2, 0) is 0 Å². The van der Waals surface area contributed by atoms with Gasteiger partial charge < -0.3 is 19.9 Å². The van der Waals surface area contributed by atoms with Crippen LogP contribution in [0.3, 0.4) is 0 Å². The Bertz CT molecular complexity index is 1000. The molecule has 0 radical (unpaired) electrons. The lowest BCUT2D eigenvalue weighted by Gasteiger charge is -2.36. The lowest BCUT2D eigenvalue weighted by Crippen LogP contribution is -2.47. The Morgan fingerprint density at radius 1 is 1.10 bits per heavy atom. The summed E-state index contributed by atoms with van der Waals surface area (Å²) in [6.07, 6.45) is 8.51. The smallest absolute Gasteiger partial charge is 0.151 e. The van der Waals surface area contributed by atoms with Gasteiger partial charge in [-0.3, -0.25) is 0 Å². The topological polar surface area (TPSA) is 79.1 Å². The summed E-state index contributed by atoms with van der Waals surface area (Å²) in [6.45, 7) is 1.93. The third-order valence-electron chi connectivity index (χ3n) is 6.37. The van der Waals surface area contributed by atoms with Crippen molar-refractivity contribution in [2.75, 3.05) is 11.9 Å². The minimum Gasteiger partial charge on any atom is -0.507 e. The molecule has 0 spiro atoms. The largest absolute Gasteiger partial charge is 0.507 e. The van der Waals surface area contributed by atoms with Crippen molar-refractivity contribution in [3.05, 3.63) is 48.5 Å². The number of hydrogen-bond acceptors (Lipinski definition) is 6. The Morgan fingerprint density at radius 3 is 2.52 bits per heavy atom. The SMILES string of the molecule is Cc1nccn1-c1ccc(-c2ccc(N(C)[C@H]3C[C@H]4CC[C@@H](C3)N4)nn2)c(O)c1. The van der Waals surface area contributed by atoms with E-state index in [0.29, 0.717) is 29.4 Å². The molecule has 0 aliphatic carbocycles. The van der Waals surface area contributed by atoms with Crippen molar-refractivity contribution < 1.29 is 5.11 Å². The van der Waals surface area contributed by atoms with Gasteiger partial charge in [-0.1, -0.05) is 0 Å². The van der Waals surface area contributed by atoms with Crippen LogP contribution in [0.5, 0.6) is 5.75 Å². The maximum atomic E-state index is 10.6. The van der Waals surface area contributed by atoms with Crippen LogP contribution < -0.4 is 10.2 Å². The number of hydrogen-bond donors (Lipinski definition) is 2. The number of aromatic nitrogens is 4. The number of imidazole rings is 1. The van der Waals surface area contributed by atoms with Gasteiger partial charge in [0, 0.05) is 49.2 Å². The molecule has 1 aromatic carbocycles. The number of aromatic hydroxyl groups is 1. The number of nitrogens with one attached hydrogen (secondary N) is 1. The van der Waals surface area contributed by atoms with Gasteiger partial charge in [0.2, 0.25) is 0 Å². The van der Waals surface area contributed by atoms with E-state index < -0.39 is 0 Å². The first-order valence-corrected chi connectivity index (χ1v) is 10.2. The Morgan fingerprint density at radius 2 is 1.90 bits per heavy atom. The normalized spacial score (nSPS) is 23.3. The summed E-state index contributed by atoms with van der Waals surface area (Å²) >= 11 is 0. The average Bonchev–Trinajstić information content (AvgIpc) is 3.32. The van der Waals surface area contributed by atoms with Crippen molar-refractivity contribution >= 4 is 5.82 Å². The number of benzene rings is 1. The number of aryl methyl sites for hydroxylation is 1. The molecule has 29 heavy (non-hydrogen) atoms. The molecule has 7 nitrogen and oxygen atoms in total. The number of fused-ring (bicyclic) bond motifs is 2. The molecular formula is C22H26N6O. The molecule has 7 heteroatoms. The van der Waals surface area contributed by atoms with Crippen molar-refractivity contribution in [1.82, 2.24) is 25.1 Å². The molecular weight excluding hydrogens is 364 g/mol. The van der Waals surface area contributed by atoms with Crippen LogP contribution in [0.25, 0.3) is 16.9 Å². The minimum atomic E-state index is 0.181. The van der Waals surface area contributed by atoms with Gasteiger partial charge in [-0.2, -0.15) is 0 Å². The maximum Gasteiger partial charge on any atom is 0.151 e. The molecule has 2 aliphatic rings. The van der Waals surface area contributed by atoms with Gasteiger partial charge in [-0.05, 0) is 56.9 Å². The Hall–Kier alpha value is -2.93. The quantitative estimate of drug-likeness (QED) is 0.713. The Balaban J connectivity index is 1.35. The maximum absolute atomic E-state index is 10.6. The fourth-order valence-corrected chi connectivity index (χ4v) is 4.72. The van der Waals surface area contributed by atoms with Gasteiger partial charge in [-0.15, -0.1) is 10.2 Å². The average molecular weight is 390 g/mol. The number of rotatable bonds is 4. The van der Waals surface area contributed by atoms with Crippen molar-refractivity contribution in [2.24, 2.45) is 0 Å². The molecule has 2 fully saturated rings. The van der Waals surface area contributed by atoms with Crippen LogP contribution in [0.15, 0.2) is 42.7 Å². The van der Waals surface area contributed by atoms with Crippen molar-refractivity contribution in [1.29, 1.82) is 0 Å². The van der Waals surface area contributed by atoms with Crippen LogP contribution in [0.2, 0.25) is 0 Å². The first-order chi connectivity index (χ1) is 14.1. The monoisotopic (exact) mass is 390 g/mol. The summed E-state index contributed by atoms with van der Waals surface area (Å²) in [7, 11) is 2.11. The molecule has 2 aromatic heterocycles. The van der Waals surface area contributed by atoms with Crippen molar-refractivity contribution in [3.63, 3.8) is 0 Å². The van der Waals surface area contributed by atoms with E-state index >= 15 is 0 Å². The van der Waals surface area contributed by atoms with E-state index in [1.807, 2.05) is 42.0 Å². The highest BCUT2D eigenvalue weighted by Gasteiger charge is 2.35. The molecule has 2 bridgehead atoms. The predicted molar refractivity (Wildman–Crippen MR) is 112 cm³/mol. The Labute approximate surface area is 170 Å². The fourth-order valence-electron chi connectivity index (χ4n) is 4.72. The molecule has 2 saturated heterocycles. The van der Waals surface area contributed by atoms with Gasteiger partial charge in [0.15, 0.2) is 5.82 Å². The van der Waals surface area contributed by atoms with Gasteiger partial charge in [-0.25, -0.2) is 4.98 Å². The number of phenolic OH excluding ortho intramolecular Hbond substituents is 1. The molecule has 0 amide bonds. The minimum absolute atomic E-state index is 0.181. The van der Waals surface area contributed by atoms with Crippen LogP contribution >= 0.6 is 0 Å². The lowest BCUT2D eigenvalue weighted by atomic mass is 9.98. The molecule has 4 heterocycles. The molecule has 0 saturated carbocycles. The van der Waals surface area contributed by atoms with E-state index in [1.165, 1.54) is 12.8 Å². The summed E-state index contributed by atoms with van der Waals surface area (Å²) in [4.78, 5) is 6.49. The summed E-state index contributed by atoms with van der Waals surface area (Å²) < 4.78 is 1.93. The highest BCUT2D eigenvalue weighted by atomic mass is 16.3. The van der Waals surface area contributed by atoms with E-state index in [9.17, 15) is 5.11 Å². The van der Waals surface area contributed by atoms with E-state index in [-0.39, 0.29) is 5.75 Å². The first kappa shape index (κ1) is 18.1. The summed E-state index contributed by atoms with van der Waals surface area (Å²) in [6, 6.07) is 11.3. The number of phenols is 1. The van der Waals surface area contributed by atoms with Crippen LogP contribution in [-0.4, -0.2) is 50.0 Å². The van der Waals surface area contributed by atoms with Crippen LogP contribution in [0.4, 0.5) is 5.82 Å². The standard InChI is InChI=1S/C22H26N6O/c1-14-23-9-10-28(14)17-5-6-19(21(29)13-17)20-7-8-22(26-25-20)27(2)18-11-15-3-4-16(12-18)24-15/h5-10,13,15-16,18,24,29H,3-4,11-12H2,1-2H3/t15-,16+,18+. The van der Waals surface area contributed by atoms with Gasteiger partial charge >= 0.3 is 0 Å². The second-order valence-electron chi connectivity index (χ2n) is 8.20. The van der Waals surface area contributed by atoms with Crippen molar-refractivity contribution in [3.8, 4) is 22.7 Å². The highest BCUT2D eigenvalue weighted by molar-refractivity contribution is 5.69. The second-order valence-corrected chi connectivity index (χ2v) is 8.20. The summed E-state index contributed by atoms with van der Waals surface area (Å²) in [5.41, 5.74) is 2.21. The molecule has 3 atom stereocenters. The number of nitrogens with zero attached hydrogens (tertiary/aromatic N) is 5. The first-order valence-electron chi connectivity index (χ1n) is 10.2. The predicted octanol–water partition coefficient (Wildman–Crippen LogP) is 3.06. The third kappa shape index (κ3) is 3.35. The van der Waals surface area contributed by atoms with E-state index in [4.69, 9.17) is 0 Å². The van der Waals surface area contributed by atoms with Gasteiger partial charge in [0.1, 0.15) is 11.6 Å². The summed E-state index contributed by atoms with van der Waals surface area (Å²) in [5, 5.41) is 23.1. The third-order valence-corrected chi connectivity index (χ3v) is 6.37. The molecule has 150 valence electrons. The van der Waals surface area contributed by atoms with E-state index in [2.05, 4.69) is 32.4 Å². The molecule has 0 unspecified atom stereocenters. The van der Waals surface area contributed by atoms with E-state index in [1.54, 1.807) is 12.3 Å². The fraction of sp³-hybridized carbons (Fsp3) is 0.409. The Kier molecular flexibility index (Phi) is 4.47. The molecule has 2 aliphatic heterocycles. The lowest BCUT2D eigenvalue weighted by molar-refractivity contribution is 0.353. The zero-order valence-corrected chi connectivity index (χ0v) is 16.8. The highest BCUT2D eigenvalue weighted by Crippen LogP contribution is 2.33. The van der Waals surface area contributed by atoms with E-state index in [0.717, 1.165) is 30.2 Å².